The van der Waals surface area contributed by atoms with E-state index < -0.39 is 29.1 Å². The van der Waals surface area contributed by atoms with Gasteiger partial charge in [-0.3, -0.25) is 10.1 Å². The van der Waals surface area contributed by atoms with Crippen LogP contribution < -0.4 is 5.32 Å². The number of aliphatic hydroxyl groups excluding tert-OH is 3. The van der Waals surface area contributed by atoms with Gasteiger partial charge in [-0.2, -0.15) is 0 Å². The summed E-state index contributed by atoms with van der Waals surface area (Å²) in [5.41, 5.74) is -0.178. The van der Waals surface area contributed by atoms with Crippen molar-refractivity contribution >= 4 is 34.6 Å². The second-order valence-electron chi connectivity index (χ2n) is 4.95. The third kappa shape index (κ3) is 3.22. The van der Waals surface area contributed by atoms with Gasteiger partial charge in [0.25, 0.3) is 5.69 Å². The Bertz CT molecular complexity index is 557. The second-order valence-corrected chi connectivity index (χ2v) is 5.77. The molecule has 1 fully saturated rings. The lowest BCUT2D eigenvalue weighted by Crippen LogP contribution is -2.35. The van der Waals surface area contributed by atoms with Crippen molar-refractivity contribution in [1.29, 1.82) is 0 Å². The molecule has 4 N–H and O–H groups in total. The normalized spacial score (nSPS) is 28.6. The van der Waals surface area contributed by atoms with E-state index >= 15 is 0 Å². The van der Waals surface area contributed by atoms with Crippen LogP contribution >= 0.6 is 23.2 Å². The molecule has 1 aromatic rings. The average Bonchev–Trinajstić information content (AvgIpc) is 2.70. The van der Waals surface area contributed by atoms with Gasteiger partial charge in [-0.15, -0.1) is 0 Å². The highest BCUT2D eigenvalue weighted by molar-refractivity contribution is 6.42. The number of halogens is 2. The van der Waals surface area contributed by atoms with Crippen LogP contribution in [0.3, 0.4) is 0 Å². The molecule has 21 heavy (non-hydrogen) atoms. The zero-order valence-corrected chi connectivity index (χ0v) is 12.3. The highest BCUT2D eigenvalue weighted by Crippen LogP contribution is 2.36. The molecule has 4 atom stereocenters. The van der Waals surface area contributed by atoms with E-state index in [0.717, 1.165) is 6.07 Å². The van der Waals surface area contributed by atoms with Crippen LogP contribution in [0, 0.1) is 16.0 Å². The number of benzene rings is 1. The maximum absolute atomic E-state index is 11.0. The topological polar surface area (TPSA) is 116 Å². The Morgan fingerprint density at radius 2 is 1.90 bits per heavy atom. The molecular weight excluding hydrogens is 323 g/mol. The van der Waals surface area contributed by atoms with Crippen molar-refractivity contribution in [2.45, 2.75) is 24.7 Å². The highest BCUT2D eigenvalue weighted by Gasteiger charge is 2.41. The zero-order chi connectivity index (χ0) is 15.7. The van der Waals surface area contributed by atoms with Crippen molar-refractivity contribution in [3.8, 4) is 0 Å². The molecule has 0 amide bonds. The van der Waals surface area contributed by atoms with Gasteiger partial charge in [0.2, 0.25) is 0 Å². The molecule has 0 bridgehead atoms. The van der Waals surface area contributed by atoms with Gasteiger partial charge in [0.15, 0.2) is 0 Å². The molecule has 2 rings (SSSR count). The Balaban J connectivity index is 2.27. The number of hydrogen-bond donors (Lipinski definition) is 4. The van der Waals surface area contributed by atoms with Gasteiger partial charge >= 0.3 is 0 Å². The van der Waals surface area contributed by atoms with Crippen LogP contribution in [0.25, 0.3) is 0 Å². The van der Waals surface area contributed by atoms with Crippen molar-refractivity contribution in [1.82, 2.24) is 0 Å². The summed E-state index contributed by atoms with van der Waals surface area (Å²) in [6, 6.07) is 1.79. The van der Waals surface area contributed by atoms with E-state index in [9.17, 15) is 20.3 Å². The maximum Gasteiger partial charge on any atom is 0.293 e. The van der Waals surface area contributed by atoms with Crippen molar-refractivity contribution in [2.75, 3.05) is 11.9 Å². The predicted molar refractivity (Wildman–Crippen MR) is 77.7 cm³/mol. The fraction of sp³-hybridized carbons (Fsp3) is 0.500. The lowest BCUT2D eigenvalue weighted by Gasteiger charge is -2.19. The maximum atomic E-state index is 11.0. The minimum absolute atomic E-state index is 0.0501. The monoisotopic (exact) mass is 336 g/mol. The molecule has 0 aromatic heterocycles. The number of nitro groups is 1. The number of rotatable bonds is 4. The third-order valence-electron chi connectivity index (χ3n) is 3.61. The third-order valence-corrected chi connectivity index (χ3v) is 4.33. The van der Waals surface area contributed by atoms with Crippen LogP contribution in [0.15, 0.2) is 12.1 Å². The first kappa shape index (κ1) is 16.3. The largest absolute Gasteiger partial charge is 0.396 e. The summed E-state index contributed by atoms with van der Waals surface area (Å²) < 4.78 is 0. The van der Waals surface area contributed by atoms with E-state index in [4.69, 9.17) is 28.3 Å². The number of hydrogen-bond acceptors (Lipinski definition) is 6. The molecule has 7 nitrogen and oxygen atoms in total. The van der Waals surface area contributed by atoms with Crippen LogP contribution in [-0.2, 0) is 0 Å². The Morgan fingerprint density at radius 1 is 1.29 bits per heavy atom. The number of nitro benzene ring substituents is 1. The summed E-state index contributed by atoms with van der Waals surface area (Å²) in [5, 5.41) is 42.8. The molecule has 1 aliphatic carbocycles. The van der Waals surface area contributed by atoms with Gasteiger partial charge in [0.05, 0.1) is 27.1 Å². The van der Waals surface area contributed by atoms with E-state index in [1.807, 2.05) is 0 Å². The van der Waals surface area contributed by atoms with E-state index in [-0.39, 0.29) is 34.4 Å². The van der Waals surface area contributed by atoms with Gasteiger partial charge < -0.3 is 20.6 Å². The molecule has 0 aliphatic heterocycles. The molecule has 1 saturated carbocycles. The van der Waals surface area contributed by atoms with Crippen molar-refractivity contribution in [3.63, 3.8) is 0 Å². The highest BCUT2D eigenvalue weighted by atomic mass is 35.5. The number of aliphatic hydroxyl groups is 3. The summed E-state index contributed by atoms with van der Waals surface area (Å²) >= 11 is 11.6. The Morgan fingerprint density at radius 3 is 2.43 bits per heavy atom. The molecule has 0 saturated heterocycles. The van der Waals surface area contributed by atoms with Crippen LogP contribution in [0.1, 0.15) is 6.42 Å². The molecule has 116 valence electrons. The fourth-order valence-corrected chi connectivity index (χ4v) is 2.77. The van der Waals surface area contributed by atoms with E-state index in [1.165, 1.54) is 6.07 Å². The number of nitrogens with one attached hydrogen (secondary N) is 1. The van der Waals surface area contributed by atoms with Crippen molar-refractivity contribution in [2.24, 2.45) is 5.92 Å². The van der Waals surface area contributed by atoms with Crippen LogP contribution in [0.4, 0.5) is 11.4 Å². The molecule has 1 aromatic carbocycles. The lowest BCUT2D eigenvalue weighted by atomic mass is 10.1. The lowest BCUT2D eigenvalue weighted by molar-refractivity contribution is -0.384. The van der Waals surface area contributed by atoms with Crippen LogP contribution in [-0.4, -0.2) is 45.1 Å². The van der Waals surface area contributed by atoms with E-state index in [0.29, 0.717) is 0 Å². The average molecular weight is 337 g/mol. The van der Waals surface area contributed by atoms with Crippen molar-refractivity contribution in [3.05, 3.63) is 32.3 Å². The molecule has 4 unspecified atom stereocenters. The van der Waals surface area contributed by atoms with Gasteiger partial charge in [-0.25, -0.2) is 0 Å². The first-order chi connectivity index (χ1) is 9.85. The Kier molecular flexibility index (Phi) is 4.90. The minimum Gasteiger partial charge on any atom is -0.396 e. The Labute approximate surface area is 130 Å². The molecule has 0 spiro atoms. The SMILES string of the molecule is O=[N+]([O-])c1cc(Cl)c(Cl)cc1NC1CC(CO)C(O)C1O. The standard InChI is InChI=1S/C12H14Cl2N2O5/c13-6-2-8(10(16(20)21)3-7(6)14)15-9-1-5(4-17)11(18)12(9)19/h2-3,5,9,11-12,15,17-19H,1,4H2. The summed E-state index contributed by atoms with van der Waals surface area (Å²) in [6.45, 7) is -0.278. The molecular formula is C12H14Cl2N2O5. The minimum atomic E-state index is -1.14. The molecule has 1 aliphatic rings. The Hall–Kier alpha value is -1.12. The summed E-state index contributed by atoms with van der Waals surface area (Å²) in [6.07, 6.45) is -1.96. The summed E-state index contributed by atoms with van der Waals surface area (Å²) in [4.78, 5) is 10.4. The summed E-state index contributed by atoms with van der Waals surface area (Å²) in [5.74, 6) is -0.487. The van der Waals surface area contributed by atoms with Crippen LogP contribution in [0.5, 0.6) is 0 Å². The predicted octanol–water partition coefficient (Wildman–Crippen LogP) is 1.42. The second kappa shape index (κ2) is 6.33. The smallest absolute Gasteiger partial charge is 0.293 e. The van der Waals surface area contributed by atoms with Crippen molar-refractivity contribution < 1.29 is 20.2 Å². The summed E-state index contributed by atoms with van der Waals surface area (Å²) in [7, 11) is 0. The fourth-order valence-electron chi connectivity index (χ4n) is 2.45. The van der Waals surface area contributed by atoms with E-state index in [1.54, 1.807) is 0 Å². The van der Waals surface area contributed by atoms with Gasteiger partial charge in [0.1, 0.15) is 11.8 Å². The van der Waals surface area contributed by atoms with Gasteiger partial charge in [-0.1, -0.05) is 23.2 Å². The molecule has 9 heteroatoms. The zero-order valence-electron chi connectivity index (χ0n) is 10.7. The van der Waals surface area contributed by atoms with Gasteiger partial charge in [-0.05, 0) is 12.5 Å². The number of nitrogens with zero attached hydrogens (tertiary/aromatic N) is 1. The van der Waals surface area contributed by atoms with Gasteiger partial charge in [0, 0.05) is 18.6 Å². The first-order valence-electron chi connectivity index (χ1n) is 6.22. The molecule has 0 heterocycles. The first-order valence-corrected chi connectivity index (χ1v) is 6.97. The quantitative estimate of drug-likeness (QED) is 0.488. The van der Waals surface area contributed by atoms with Crippen LogP contribution in [0.2, 0.25) is 10.0 Å². The van der Waals surface area contributed by atoms with E-state index in [2.05, 4.69) is 5.32 Å². The molecule has 0 radical (unpaired) electrons. The number of anilines is 1.